The van der Waals surface area contributed by atoms with Crippen molar-refractivity contribution in [3.8, 4) is 0 Å². The van der Waals surface area contributed by atoms with Crippen molar-refractivity contribution in [3.63, 3.8) is 0 Å². The quantitative estimate of drug-likeness (QED) is 0.708. The van der Waals surface area contributed by atoms with Gasteiger partial charge in [-0.15, -0.1) is 0 Å². The number of carbonyl (C=O) groups is 1. The van der Waals surface area contributed by atoms with Crippen molar-refractivity contribution in [2.45, 2.75) is 32.6 Å². The number of likely N-dealkylation sites (tertiary alicyclic amines) is 1. The van der Waals surface area contributed by atoms with E-state index in [4.69, 9.17) is 0 Å². The average Bonchev–Trinajstić information content (AvgIpc) is 2.87. The lowest BCUT2D eigenvalue weighted by molar-refractivity contribution is -0.128. The number of hydrogen-bond acceptors (Lipinski definition) is 2. The van der Waals surface area contributed by atoms with E-state index in [2.05, 4.69) is 24.5 Å². The fourth-order valence-electron chi connectivity index (χ4n) is 2.23. The van der Waals surface area contributed by atoms with Crippen molar-refractivity contribution >= 4 is 18.5 Å². The predicted octanol–water partition coefficient (Wildman–Crippen LogP) is 1.95. The number of nitrogens with zero attached hydrogens (tertiary/aromatic N) is 1. The Morgan fingerprint density at radius 1 is 1.57 bits per heavy atom. The van der Waals surface area contributed by atoms with Crippen LogP contribution in [0.2, 0.25) is 0 Å². The van der Waals surface area contributed by atoms with Gasteiger partial charge < -0.3 is 4.90 Å². The zero-order valence-corrected chi connectivity index (χ0v) is 9.72. The van der Waals surface area contributed by atoms with Crippen LogP contribution in [0.1, 0.15) is 32.6 Å². The molecule has 1 saturated heterocycles. The summed E-state index contributed by atoms with van der Waals surface area (Å²) >= 11 is 4.37. The SMILES string of the molecule is CCC1CC(=O)N(CC2(CS)CC2)C1. The molecular weight excluding hydrogens is 194 g/mol. The smallest absolute Gasteiger partial charge is 0.222 e. The highest BCUT2D eigenvalue weighted by atomic mass is 32.1. The molecule has 1 aliphatic carbocycles. The molecule has 0 bridgehead atoms. The highest BCUT2D eigenvalue weighted by molar-refractivity contribution is 7.80. The van der Waals surface area contributed by atoms with E-state index in [0.717, 1.165) is 31.7 Å². The fraction of sp³-hybridized carbons (Fsp3) is 0.909. The van der Waals surface area contributed by atoms with Crippen molar-refractivity contribution in [3.05, 3.63) is 0 Å². The Labute approximate surface area is 91.5 Å². The molecule has 1 saturated carbocycles. The van der Waals surface area contributed by atoms with Gasteiger partial charge in [-0.2, -0.15) is 12.6 Å². The van der Waals surface area contributed by atoms with Crippen LogP contribution in [-0.2, 0) is 4.79 Å². The monoisotopic (exact) mass is 213 g/mol. The van der Waals surface area contributed by atoms with Gasteiger partial charge in [-0.25, -0.2) is 0 Å². The molecule has 14 heavy (non-hydrogen) atoms. The summed E-state index contributed by atoms with van der Waals surface area (Å²) < 4.78 is 0. The maximum absolute atomic E-state index is 11.7. The van der Waals surface area contributed by atoms with E-state index < -0.39 is 0 Å². The summed E-state index contributed by atoms with van der Waals surface area (Å²) in [6, 6.07) is 0. The number of amides is 1. The van der Waals surface area contributed by atoms with Crippen LogP contribution in [-0.4, -0.2) is 29.6 Å². The normalized spacial score (nSPS) is 29.7. The summed E-state index contributed by atoms with van der Waals surface area (Å²) in [4.78, 5) is 13.7. The number of rotatable bonds is 4. The molecule has 80 valence electrons. The molecule has 3 heteroatoms. The van der Waals surface area contributed by atoms with Gasteiger partial charge in [0.15, 0.2) is 0 Å². The van der Waals surface area contributed by atoms with Crippen LogP contribution in [0.15, 0.2) is 0 Å². The zero-order chi connectivity index (χ0) is 10.2. The first-order valence-corrected chi connectivity index (χ1v) is 6.21. The molecule has 2 rings (SSSR count). The standard InChI is InChI=1S/C11H19NOS/c1-2-9-5-10(13)12(6-9)7-11(8-14)3-4-11/h9,14H,2-8H2,1H3. The molecule has 2 nitrogen and oxygen atoms in total. The first kappa shape index (κ1) is 10.3. The summed E-state index contributed by atoms with van der Waals surface area (Å²) in [5.41, 5.74) is 0.390. The lowest BCUT2D eigenvalue weighted by atomic mass is 10.1. The van der Waals surface area contributed by atoms with E-state index in [9.17, 15) is 4.79 Å². The van der Waals surface area contributed by atoms with Gasteiger partial charge in [-0.3, -0.25) is 4.79 Å². The van der Waals surface area contributed by atoms with Gasteiger partial charge in [0, 0.05) is 19.5 Å². The van der Waals surface area contributed by atoms with Gasteiger partial charge in [-0.05, 0) is 29.9 Å². The lowest BCUT2D eigenvalue weighted by Gasteiger charge is -2.22. The van der Waals surface area contributed by atoms with Gasteiger partial charge >= 0.3 is 0 Å². The van der Waals surface area contributed by atoms with Crippen molar-refractivity contribution in [2.75, 3.05) is 18.8 Å². The van der Waals surface area contributed by atoms with Gasteiger partial charge in [-0.1, -0.05) is 13.3 Å². The van der Waals surface area contributed by atoms with E-state index in [1.54, 1.807) is 0 Å². The van der Waals surface area contributed by atoms with Crippen LogP contribution in [0.25, 0.3) is 0 Å². The van der Waals surface area contributed by atoms with E-state index >= 15 is 0 Å². The van der Waals surface area contributed by atoms with Crippen LogP contribution in [0.3, 0.4) is 0 Å². The van der Waals surface area contributed by atoms with Crippen LogP contribution < -0.4 is 0 Å². The second-order valence-electron chi connectivity index (χ2n) is 4.91. The number of thiol groups is 1. The molecular formula is C11H19NOS. The molecule has 0 aromatic rings. The first-order chi connectivity index (χ1) is 6.69. The molecule has 2 aliphatic rings. The number of carbonyl (C=O) groups excluding carboxylic acids is 1. The van der Waals surface area contributed by atoms with Crippen LogP contribution in [0.5, 0.6) is 0 Å². The topological polar surface area (TPSA) is 20.3 Å². The Bertz CT molecular complexity index is 237. The second kappa shape index (κ2) is 3.76. The molecule has 1 amide bonds. The van der Waals surface area contributed by atoms with E-state index in [0.29, 0.717) is 17.2 Å². The van der Waals surface area contributed by atoms with Crippen molar-refractivity contribution in [1.29, 1.82) is 0 Å². The van der Waals surface area contributed by atoms with Crippen molar-refractivity contribution < 1.29 is 4.79 Å². The third kappa shape index (κ3) is 1.92. The molecule has 1 atom stereocenters. The molecule has 0 radical (unpaired) electrons. The van der Waals surface area contributed by atoms with Crippen LogP contribution in [0, 0.1) is 11.3 Å². The Hall–Kier alpha value is -0.180. The highest BCUT2D eigenvalue weighted by Gasteiger charge is 2.44. The van der Waals surface area contributed by atoms with E-state index in [1.165, 1.54) is 12.8 Å². The summed E-state index contributed by atoms with van der Waals surface area (Å²) in [6.45, 7) is 4.13. The van der Waals surface area contributed by atoms with Gasteiger partial charge in [0.1, 0.15) is 0 Å². The zero-order valence-electron chi connectivity index (χ0n) is 8.83. The Balaban J connectivity index is 1.89. The lowest BCUT2D eigenvalue weighted by Crippen LogP contribution is -2.32. The minimum atomic E-state index is 0.366. The van der Waals surface area contributed by atoms with Crippen LogP contribution >= 0.6 is 12.6 Å². The molecule has 0 aromatic carbocycles. The van der Waals surface area contributed by atoms with E-state index in [-0.39, 0.29) is 0 Å². The Kier molecular flexibility index (Phi) is 2.78. The first-order valence-electron chi connectivity index (χ1n) is 5.58. The summed E-state index contributed by atoms with van der Waals surface area (Å²) in [7, 11) is 0. The predicted molar refractivity (Wildman–Crippen MR) is 60.5 cm³/mol. The molecule has 1 unspecified atom stereocenters. The summed E-state index contributed by atoms with van der Waals surface area (Å²) in [5.74, 6) is 1.91. The molecule has 1 aliphatic heterocycles. The minimum Gasteiger partial charge on any atom is -0.342 e. The maximum Gasteiger partial charge on any atom is 0.222 e. The van der Waals surface area contributed by atoms with Gasteiger partial charge in [0.2, 0.25) is 5.91 Å². The largest absolute Gasteiger partial charge is 0.342 e. The Morgan fingerprint density at radius 3 is 2.71 bits per heavy atom. The van der Waals surface area contributed by atoms with Crippen molar-refractivity contribution in [2.24, 2.45) is 11.3 Å². The number of hydrogen-bond donors (Lipinski definition) is 1. The molecule has 0 N–H and O–H groups in total. The van der Waals surface area contributed by atoms with Crippen molar-refractivity contribution in [1.82, 2.24) is 4.90 Å². The second-order valence-corrected chi connectivity index (χ2v) is 5.23. The third-order valence-corrected chi connectivity index (χ3v) is 4.36. The summed E-state index contributed by atoms with van der Waals surface area (Å²) in [5, 5.41) is 0. The molecule has 1 heterocycles. The van der Waals surface area contributed by atoms with Gasteiger partial charge in [0.25, 0.3) is 0 Å². The average molecular weight is 213 g/mol. The highest BCUT2D eigenvalue weighted by Crippen LogP contribution is 2.47. The molecule has 2 fully saturated rings. The fourth-order valence-corrected chi connectivity index (χ4v) is 2.64. The maximum atomic E-state index is 11.7. The van der Waals surface area contributed by atoms with E-state index in [1.807, 2.05) is 0 Å². The Morgan fingerprint density at radius 2 is 2.29 bits per heavy atom. The minimum absolute atomic E-state index is 0.366. The van der Waals surface area contributed by atoms with Gasteiger partial charge in [0.05, 0.1) is 0 Å². The van der Waals surface area contributed by atoms with Crippen LogP contribution in [0.4, 0.5) is 0 Å². The third-order valence-electron chi connectivity index (χ3n) is 3.69. The molecule has 0 spiro atoms. The summed E-state index contributed by atoms with van der Waals surface area (Å²) in [6.07, 6.45) is 4.43. The molecule has 0 aromatic heterocycles.